The predicted molar refractivity (Wildman–Crippen MR) is 123 cm³/mol. The SMILES string of the molecule is Cc1c(-c2cnn(C)c2)oc2c([C@@H](C)Nc3ccc(Cl)nc3/C(N)=N/O)cc(F)cc2c1=O. The molecule has 1 aromatic carbocycles. The van der Waals surface area contributed by atoms with Crippen LogP contribution in [0, 0.1) is 12.7 Å². The van der Waals surface area contributed by atoms with Crippen LogP contribution in [0.25, 0.3) is 22.3 Å². The highest BCUT2D eigenvalue weighted by atomic mass is 35.5. The molecule has 3 aromatic heterocycles. The van der Waals surface area contributed by atoms with Crippen LogP contribution in [0.5, 0.6) is 0 Å². The number of halogens is 2. The zero-order valence-electron chi connectivity index (χ0n) is 17.9. The summed E-state index contributed by atoms with van der Waals surface area (Å²) in [6.45, 7) is 3.38. The maximum atomic E-state index is 14.5. The van der Waals surface area contributed by atoms with E-state index in [-0.39, 0.29) is 33.1 Å². The van der Waals surface area contributed by atoms with Gasteiger partial charge in [0.2, 0.25) is 0 Å². The van der Waals surface area contributed by atoms with Gasteiger partial charge in [-0.2, -0.15) is 5.10 Å². The molecule has 1 atom stereocenters. The van der Waals surface area contributed by atoms with Crippen molar-refractivity contribution in [2.75, 3.05) is 5.32 Å². The summed E-state index contributed by atoms with van der Waals surface area (Å²) < 4.78 is 22.3. The lowest BCUT2D eigenvalue weighted by atomic mass is 10.0. The van der Waals surface area contributed by atoms with E-state index in [1.165, 1.54) is 12.1 Å². The van der Waals surface area contributed by atoms with Gasteiger partial charge in [0, 0.05) is 24.4 Å². The summed E-state index contributed by atoms with van der Waals surface area (Å²) >= 11 is 5.94. The zero-order chi connectivity index (χ0) is 23.9. The van der Waals surface area contributed by atoms with Crippen molar-refractivity contribution in [3.05, 3.63) is 74.7 Å². The zero-order valence-corrected chi connectivity index (χ0v) is 18.7. The van der Waals surface area contributed by atoms with Crippen LogP contribution in [-0.2, 0) is 7.05 Å². The first kappa shape index (κ1) is 22.3. The molecule has 0 aliphatic rings. The summed E-state index contributed by atoms with van der Waals surface area (Å²) in [6.07, 6.45) is 3.31. The molecular formula is C22H20ClFN6O3. The number of amidine groups is 1. The molecule has 170 valence electrons. The van der Waals surface area contributed by atoms with Gasteiger partial charge in [-0.25, -0.2) is 9.37 Å². The molecule has 0 saturated carbocycles. The first-order chi connectivity index (χ1) is 15.7. The third kappa shape index (κ3) is 4.12. The van der Waals surface area contributed by atoms with Gasteiger partial charge < -0.3 is 20.7 Å². The van der Waals surface area contributed by atoms with Gasteiger partial charge in [0.1, 0.15) is 28.0 Å². The molecule has 0 fully saturated rings. The van der Waals surface area contributed by atoms with Crippen molar-refractivity contribution in [2.24, 2.45) is 17.9 Å². The van der Waals surface area contributed by atoms with Crippen molar-refractivity contribution >= 4 is 34.1 Å². The molecule has 0 aliphatic heterocycles. The highest BCUT2D eigenvalue weighted by Gasteiger charge is 2.21. The number of rotatable bonds is 5. The molecular weight excluding hydrogens is 451 g/mol. The number of hydrogen-bond acceptors (Lipinski definition) is 7. The molecule has 0 aliphatic carbocycles. The fourth-order valence-electron chi connectivity index (χ4n) is 3.62. The maximum absolute atomic E-state index is 14.5. The van der Waals surface area contributed by atoms with Gasteiger partial charge in [-0.1, -0.05) is 16.8 Å². The highest BCUT2D eigenvalue weighted by Crippen LogP contribution is 2.32. The Labute approximate surface area is 192 Å². The predicted octanol–water partition coefficient (Wildman–Crippen LogP) is 3.96. The molecule has 11 heteroatoms. The van der Waals surface area contributed by atoms with Gasteiger partial charge >= 0.3 is 0 Å². The molecule has 0 amide bonds. The Morgan fingerprint density at radius 3 is 2.82 bits per heavy atom. The molecule has 0 saturated heterocycles. The summed E-state index contributed by atoms with van der Waals surface area (Å²) in [5, 5.41) is 19.6. The van der Waals surface area contributed by atoms with Crippen molar-refractivity contribution in [1.29, 1.82) is 0 Å². The fraction of sp³-hybridized carbons (Fsp3) is 0.182. The second kappa shape index (κ2) is 8.55. The van der Waals surface area contributed by atoms with Crippen LogP contribution < -0.4 is 16.5 Å². The lowest BCUT2D eigenvalue weighted by Gasteiger charge is -2.19. The van der Waals surface area contributed by atoms with Crippen molar-refractivity contribution < 1.29 is 14.0 Å². The monoisotopic (exact) mass is 470 g/mol. The average molecular weight is 471 g/mol. The Hall–Kier alpha value is -3.92. The summed E-state index contributed by atoms with van der Waals surface area (Å²) in [7, 11) is 1.75. The maximum Gasteiger partial charge on any atom is 0.196 e. The number of aryl methyl sites for hydroxylation is 1. The van der Waals surface area contributed by atoms with Gasteiger partial charge in [-0.05, 0) is 38.1 Å². The third-order valence-corrected chi connectivity index (χ3v) is 5.44. The van der Waals surface area contributed by atoms with Crippen LogP contribution in [0.3, 0.4) is 0 Å². The highest BCUT2D eigenvalue weighted by molar-refractivity contribution is 6.29. The summed E-state index contributed by atoms with van der Waals surface area (Å²) in [5.41, 5.74) is 7.50. The smallest absolute Gasteiger partial charge is 0.196 e. The van der Waals surface area contributed by atoms with Crippen molar-refractivity contribution in [3.63, 3.8) is 0 Å². The van der Waals surface area contributed by atoms with Crippen molar-refractivity contribution in [3.8, 4) is 11.3 Å². The van der Waals surface area contributed by atoms with Crippen LogP contribution in [0.4, 0.5) is 10.1 Å². The van der Waals surface area contributed by atoms with Gasteiger partial charge in [-0.3, -0.25) is 9.48 Å². The Kier molecular flexibility index (Phi) is 5.77. The number of hydrogen-bond donors (Lipinski definition) is 3. The van der Waals surface area contributed by atoms with Gasteiger partial charge in [-0.15, -0.1) is 0 Å². The summed E-state index contributed by atoms with van der Waals surface area (Å²) in [5.74, 6) is -0.485. The van der Waals surface area contributed by atoms with E-state index in [1.54, 1.807) is 44.0 Å². The van der Waals surface area contributed by atoms with E-state index >= 15 is 0 Å². The first-order valence-corrected chi connectivity index (χ1v) is 10.2. The summed E-state index contributed by atoms with van der Waals surface area (Å²) in [4.78, 5) is 17.2. The largest absolute Gasteiger partial charge is 0.455 e. The topological polar surface area (TPSA) is 132 Å². The number of nitrogens with one attached hydrogen (secondary N) is 1. The van der Waals surface area contributed by atoms with Crippen LogP contribution in [0.15, 0.2) is 51.0 Å². The Morgan fingerprint density at radius 2 is 2.15 bits per heavy atom. The lowest BCUT2D eigenvalue weighted by molar-refractivity contribution is 0.318. The third-order valence-electron chi connectivity index (χ3n) is 5.23. The molecule has 0 unspecified atom stereocenters. The number of oxime groups is 1. The molecule has 0 spiro atoms. The van der Waals surface area contributed by atoms with E-state index in [2.05, 4.69) is 20.6 Å². The van der Waals surface area contributed by atoms with Gasteiger partial charge in [0.15, 0.2) is 11.3 Å². The molecule has 0 bridgehead atoms. The van der Waals surface area contributed by atoms with E-state index in [1.807, 2.05) is 0 Å². The van der Waals surface area contributed by atoms with E-state index in [4.69, 9.17) is 27.0 Å². The normalized spacial score (nSPS) is 12.8. The van der Waals surface area contributed by atoms with Crippen molar-refractivity contribution in [1.82, 2.24) is 14.8 Å². The number of anilines is 1. The van der Waals surface area contributed by atoms with Crippen LogP contribution in [-0.4, -0.2) is 25.8 Å². The Balaban J connectivity index is 1.88. The number of nitrogens with zero attached hydrogens (tertiary/aromatic N) is 4. The number of aromatic nitrogens is 3. The second-order valence-corrected chi connectivity index (χ2v) is 7.93. The second-order valence-electron chi connectivity index (χ2n) is 7.54. The fourth-order valence-corrected chi connectivity index (χ4v) is 3.77. The molecule has 4 aromatic rings. The minimum Gasteiger partial charge on any atom is -0.455 e. The van der Waals surface area contributed by atoms with Crippen LogP contribution >= 0.6 is 11.6 Å². The minimum absolute atomic E-state index is 0.117. The number of pyridine rings is 1. The standard InChI is InChI=1S/C22H20ClFN6O3/c1-10-19(31)15-7-13(24)6-14(21(15)33-20(10)12-8-26-30(3)9-12)11(2)27-16-4-5-17(23)28-18(16)22(25)29-32/h4-9,11,27,32H,1-3H3,(H2,25,29)/t11-/m1/s1. The molecule has 33 heavy (non-hydrogen) atoms. The molecule has 3 heterocycles. The lowest BCUT2D eigenvalue weighted by Crippen LogP contribution is -2.19. The Bertz CT molecular complexity index is 1460. The Morgan fingerprint density at radius 1 is 1.39 bits per heavy atom. The number of nitrogens with two attached hydrogens (primary N) is 1. The van der Waals surface area contributed by atoms with Gasteiger partial charge in [0.25, 0.3) is 0 Å². The summed E-state index contributed by atoms with van der Waals surface area (Å²) in [6, 6.07) is 5.01. The van der Waals surface area contributed by atoms with E-state index in [0.29, 0.717) is 28.1 Å². The van der Waals surface area contributed by atoms with E-state index in [9.17, 15) is 9.18 Å². The minimum atomic E-state index is -0.585. The van der Waals surface area contributed by atoms with Crippen LogP contribution in [0.1, 0.15) is 29.8 Å². The van der Waals surface area contributed by atoms with E-state index in [0.717, 1.165) is 6.07 Å². The quantitative estimate of drug-likeness (QED) is 0.132. The number of benzene rings is 1. The first-order valence-electron chi connectivity index (χ1n) is 9.86. The van der Waals surface area contributed by atoms with Crippen LogP contribution in [0.2, 0.25) is 5.15 Å². The molecule has 4 N–H and O–H groups in total. The molecule has 0 radical (unpaired) electrons. The molecule has 9 nitrogen and oxygen atoms in total. The molecule has 4 rings (SSSR count). The van der Waals surface area contributed by atoms with Crippen molar-refractivity contribution in [2.45, 2.75) is 19.9 Å². The van der Waals surface area contributed by atoms with Gasteiger partial charge in [0.05, 0.1) is 28.9 Å². The average Bonchev–Trinajstić information content (AvgIpc) is 3.22. The number of fused-ring (bicyclic) bond motifs is 1. The van der Waals surface area contributed by atoms with E-state index < -0.39 is 11.9 Å².